The molecule has 0 aliphatic heterocycles. The van der Waals surface area contributed by atoms with Crippen LogP contribution in [0.15, 0.2) is 33.9 Å². The number of H-pyrrole nitrogens is 2. The maximum absolute atomic E-state index is 11.3. The lowest BCUT2D eigenvalue weighted by atomic mass is 10.1. The summed E-state index contributed by atoms with van der Waals surface area (Å²) in [4.78, 5) is 24.1. The molecule has 4 N–H and O–H groups in total. The van der Waals surface area contributed by atoms with Gasteiger partial charge in [-0.15, -0.1) is 5.10 Å². The first kappa shape index (κ1) is 11.9. The van der Waals surface area contributed by atoms with Crippen LogP contribution in [0.3, 0.4) is 0 Å². The van der Waals surface area contributed by atoms with Crippen molar-refractivity contribution in [2.75, 3.05) is 11.9 Å². The number of nitrogens with one attached hydrogen (secondary N) is 3. The summed E-state index contributed by atoms with van der Waals surface area (Å²) in [6, 6.07) is 6.78. The number of hydrogen-bond donors (Lipinski definition) is 4. The Labute approximate surface area is 102 Å². The number of phenols is 1. The summed E-state index contributed by atoms with van der Waals surface area (Å²) < 4.78 is 0. The fourth-order valence-electron chi connectivity index (χ4n) is 1.46. The normalized spacial score (nSPS) is 10.2. The van der Waals surface area contributed by atoms with Crippen LogP contribution in [-0.2, 0) is 6.42 Å². The van der Waals surface area contributed by atoms with E-state index in [9.17, 15) is 9.59 Å². The summed E-state index contributed by atoms with van der Waals surface area (Å²) in [6.07, 6.45) is 0.667. The molecule has 1 heterocycles. The van der Waals surface area contributed by atoms with Crippen LogP contribution in [0.5, 0.6) is 5.75 Å². The van der Waals surface area contributed by atoms with Crippen LogP contribution < -0.4 is 16.6 Å². The molecule has 0 spiro atoms. The van der Waals surface area contributed by atoms with Gasteiger partial charge in [-0.25, -0.2) is 9.89 Å². The van der Waals surface area contributed by atoms with Gasteiger partial charge in [-0.3, -0.25) is 9.78 Å². The lowest BCUT2D eigenvalue weighted by Crippen LogP contribution is -2.27. The van der Waals surface area contributed by atoms with Crippen LogP contribution in [0.2, 0.25) is 0 Å². The smallest absolute Gasteiger partial charge is 0.342 e. The van der Waals surface area contributed by atoms with Gasteiger partial charge in [-0.05, 0) is 24.1 Å². The van der Waals surface area contributed by atoms with Crippen LogP contribution >= 0.6 is 0 Å². The van der Waals surface area contributed by atoms with E-state index in [2.05, 4.69) is 20.5 Å². The minimum absolute atomic E-state index is 0.0772. The first-order valence-corrected chi connectivity index (χ1v) is 5.36. The molecule has 1 aromatic heterocycles. The minimum Gasteiger partial charge on any atom is -0.508 e. The Kier molecular flexibility index (Phi) is 3.42. The monoisotopic (exact) mass is 248 g/mol. The Balaban J connectivity index is 1.94. The lowest BCUT2D eigenvalue weighted by Gasteiger charge is -2.04. The number of aromatic amines is 2. The molecule has 2 rings (SSSR count). The first-order chi connectivity index (χ1) is 8.65. The van der Waals surface area contributed by atoms with Gasteiger partial charge in [0.15, 0.2) is 0 Å². The number of rotatable bonds is 4. The van der Waals surface area contributed by atoms with Gasteiger partial charge in [0.25, 0.3) is 5.56 Å². The van der Waals surface area contributed by atoms with Crippen molar-refractivity contribution in [3.8, 4) is 5.75 Å². The zero-order valence-corrected chi connectivity index (χ0v) is 9.43. The van der Waals surface area contributed by atoms with Crippen LogP contribution in [0, 0.1) is 0 Å². The summed E-state index contributed by atoms with van der Waals surface area (Å²) in [7, 11) is 0. The molecular weight excluding hydrogens is 236 g/mol. The summed E-state index contributed by atoms with van der Waals surface area (Å²) in [5, 5.41) is 17.7. The van der Waals surface area contributed by atoms with Crippen molar-refractivity contribution in [1.82, 2.24) is 15.2 Å². The molecular formula is C11H12N4O3. The summed E-state index contributed by atoms with van der Waals surface area (Å²) in [5.41, 5.74) is -0.172. The van der Waals surface area contributed by atoms with Crippen molar-refractivity contribution < 1.29 is 5.11 Å². The Morgan fingerprint density at radius 3 is 2.61 bits per heavy atom. The van der Waals surface area contributed by atoms with E-state index in [4.69, 9.17) is 5.11 Å². The molecule has 94 valence electrons. The second-order valence-electron chi connectivity index (χ2n) is 3.70. The van der Waals surface area contributed by atoms with Gasteiger partial charge in [0.2, 0.25) is 5.82 Å². The third kappa shape index (κ3) is 2.97. The van der Waals surface area contributed by atoms with Crippen molar-refractivity contribution in [2.45, 2.75) is 6.42 Å². The van der Waals surface area contributed by atoms with Crippen LogP contribution in [0.25, 0.3) is 0 Å². The predicted molar refractivity (Wildman–Crippen MR) is 65.8 cm³/mol. The molecule has 2 aromatic rings. The number of nitrogens with zero attached hydrogens (tertiary/aromatic N) is 1. The van der Waals surface area contributed by atoms with E-state index in [0.29, 0.717) is 13.0 Å². The van der Waals surface area contributed by atoms with E-state index in [1.54, 1.807) is 24.3 Å². The van der Waals surface area contributed by atoms with E-state index in [0.717, 1.165) is 5.56 Å². The number of anilines is 1. The average Bonchev–Trinajstić information content (AvgIpc) is 2.34. The summed E-state index contributed by atoms with van der Waals surface area (Å²) in [5.74, 6) is 0.291. The van der Waals surface area contributed by atoms with Crippen molar-refractivity contribution in [2.24, 2.45) is 0 Å². The van der Waals surface area contributed by atoms with E-state index >= 15 is 0 Å². The molecule has 0 atom stereocenters. The number of benzene rings is 1. The third-order valence-corrected chi connectivity index (χ3v) is 2.35. The Morgan fingerprint density at radius 1 is 1.22 bits per heavy atom. The predicted octanol–water partition coefficient (Wildman–Crippen LogP) is -0.182. The molecule has 18 heavy (non-hydrogen) atoms. The highest BCUT2D eigenvalue weighted by Crippen LogP contribution is 2.09. The van der Waals surface area contributed by atoms with Gasteiger partial charge in [-0.1, -0.05) is 12.1 Å². The zero-order chi connectivity index (χ0) is 13.0. The van der Waals surface area contributed by atoms with Crippen molar-refractivity contribution in [3.63, 3.8) is 0 Å². The Bertz CT molecular complexity index is 630. The molecule has 7 heteroatoms. The molecule has 0 saturated carbocycles. The maximum Gasteiger partial charge on any atom is 0.342 e. The van der Waals surface area contributed by atoms with E-state index in [1.807, 2.05) is 0 Å². The molecule has 0 fully saturated rings. The minimum atomic E-state index is -0.635. The fourth-order valence-corrected chi connectivity index (χ4v) is 1.46. The van der Waals surface area contributed by atoms with Crippen molar-refractivity contribution in [3.05, 3.63) is 50.7 Å². The highest BCUT2D eigenvalue weighted by Gasteiger charge is 2.01. The van der Waals surface area contributed by atoms with Crippen LogP contribution in [0.1, 0.15) is 5.56 Å². The van der Waals surface area contributed by atoms with Gasteiger partial charge >= 0.3 is 5.69 Å². The van der Waals surface area contributed by atoms with Crippen LogP contribution in [-0.4, -0.2) is 26.8 Å². The second-order valence-corrected chi connectivity index (χ2v) is 3.70. The molecule has 1 aromatic carbocycles. The lowest BCUT2D eigenvalue weighted by molar-refractivity contribution is 0.475. The molecule has 0 bridgehead atoms. The highest BCUT2D eigenvalue weighted by molar-refractivity contribution is 5.30. The fraction of sp³-hybridized carbons (Fsp3) is 0.182. The van der Waals surface area contributed by atoms with Crippen molar-refractivity contribution >= 4 is 5.82 Å². The van der Waals surface area contributed by atoms with Crippen LogP contribution in [0.4, 0.5) is 5.82 Å². The highest BCUT2D eigenvalue weighted by atomic mass is 16.3. The molecule has 0 unspecified atom stereocenters. The quantitative estimate of drug-likeness (QED) is 0.599. The topological polar surface area (TPSA) is 111 Å². The third-order valence-electron chi connectivity index (χ3n) is 2.35. The van der Waals surface area contributed by atoms with Crippen molar-refractivity contribution in [1.29, 1.82) is 0 Å². The first-order valence-electron chi connectivity index (χ1n) is 5.36. The summed E-state index contributed by atoms with van der Waals surface area (Å²) in [6.45, 7) is 0.493. The number of aromatic nitrogens is 3. The van der Waals surface area contributed by atoms with E-state index < -0.39 is 11.2 Å². The number of hydrogen-bond acceptors (Lipinski definition) is 5. The second kappa shape index (κ2) is 5.17. The molecule has 0 aliphatic carbocycles. The van der Waals surface area contributed by atoms with E-state index in [1.165, 1.54) is 0 Å². The largest absolute Gasteiger partial charge is 0.508 e. The van der Waals surface area contributed by atoms with E-state index in [-0.39, 0.29) is 11.6 Å². The molecule has 0 radical (unpaired) electrons. The number of phenolic OH excluding ortho intramolecular Hbond substituents is 1. The standard InChI is InChI=1S/C11H12N4O3/c16-8-3-1-7(2-4-8)5-6-12-9-10(17)13-11(18)15-14-9/h1-4,16H,5-6H2,(H,12,14)(H2,13,15,17,18). The Morgan fingerprint density at radius 2 is 1.94 bits per heavy atom. The summed E-state index contributed by atoms with van der Waals surface area (Å²) >= 11 is 0. The zero-order valence-electron chi connectivity index (χ0n) is 9.43. The molecule has 7 nitrogen and oxygen atoms in total. The SMILES string of the molecule is O=c1[nH]nc(NCCc2ccc(O)cc2)c(=O)[nH]1. The van der Waals surface area contributed by atoms with Gasteiger partial charge in [0.1, 0.15) is 5.75 Å². The number of aromatic hydroxyl groups is 1. The maximum atomic E-state index is 11.3. The molecule has 0 saturated heterocycles. The van der Waals surface area contributed by atoms with Gasteiger partial charge < -0.3 is 10.4 Å². The average molecular weight is 248 g/mol. The molecule has 0 amide bonds. The van der Waals surface area contributed by atoms with Gasteiger partial charge in [0.05, 0.1) is 0 Å². The Hall–Kier alpha value is -2.57. The van der Waals surface area contributed by atoms with Gasteiger partial charge in [-0.2, -0.15) is 0 Å². The molecule has 0 aliphatic rings. The van der Waals surface area contributed by atoms with Gasteiger partial charge in [0, 0.05) is 6.54 Å².